The van der Waals surface area contributed by atoms with Crippen molar-refractivity contribution < 1.29 is 14.1 Å². The molecule has 1 aliphatic heterocycles. The number of carbonyl (C=O) groups excluding carboxylic acids is 2. The predicted octanol–water partition coefficient (Wildman–Crippen LogP) is 3.62. The highest BCUT2D eigenvalue weighted by molar-refractivity contribution is 6.19. The van der Waals surface area contributed by atoms with Gasteiger partial charge in [-0.05, 0) is 38.3 Å². The lowest BCUT2D eigenvalue weighted by Crippen LogP contribution is -2.32. The summed E-state index contributed by atoms with van der Waals surface area (Å²) in [5, 5.41) is 8.27. The zero-order chi connectivity index (χ0) is 22.0. The van der Waals surface area contributed by atoms with Crippen molar-refractivity contribution in [3.05, 3.63) is 77.0 Å². The number of amides is 3. The minimum Gasteiger partial charge on any atom is -0.361 e. The van der Waals surface area contributed by atoms with E-state index in [1.165, 1.54) is 11.1 Å². The molecule has 0 aliphatic carbocycles. The molecule has 0 radical (unpaired) electrons. The first kappa shape index (κ1) is 20.6. The first-order valence-electron chi connectivity index (χ1n) is 10.2. The maximum Gasteiger partial charge on any atom is 0.332 e. The van der Waals surface area contributed by atoms with Crippen molar-refractivity contribution in [1.29, 1.82) is 0 Å². The summed E-state index contributed by atoms with van der Waals surface area (Å²) in [5.74, 6) is 0.471. The van der Waals surface area contributed by atoms with Gasteiger partial charge in [0.2, 0.25) is 0 Å². The Balaban J connectivity index is 1.50. The monoisotopic (exact) mass is 419 g/mol. The smallest absolute Gasteiger partial charge is 0.332 e. The number of carbonyl (C=O) groups is 2. The lowest BCUT2D eigenvalue weighted by molar-refractivity contribution is -0.116. The number of benzene rings is 1. The van der Waals surface area contributed by atoms with Crippen molar-refractivity contribution in [1.82, 2.24) is 19.8 Å². The summed E-state index contributed by atoms with van der Waals surface area (Å²) < 4.78 is 6.87. The van der Waals surface area contributed by atoms with Crippen molar-refractivity contribution in [2.24, 2.45) is 0 Å². The van der Waals surface area contributed by atoms with Crippen molar-refractivity contribution in [2.75, 3.05) is 11.4 Å². The molecule has 8 nitrogen and oxygen atoms in total. The van der Waals surface area contributed by atoms with Gasteiger partial charge in [-0.3, -0.25) is 9.48 Å². The number of aryl methyl sites for hydroxylation is 2. The number of rotatable bonds is 7. The quantitative estimate of drug-likeness (QED) is 0.431. The van der Waals surface area contributed by atoms with Crippen LogP contribution in [0.5, 0.6) is 0 Å². The average Bonchev–Trinajstić information content (AvgIpc) is 3.42. The Hall–Kier alpha value is -3.68. The highest BCUT2D eigenvalue weighted by Gasteiger charge is 2.38. The molecule has 8 heteroatoms. The summed E-state index contributed by atoms with van der Waals surface area (Å²) in [4.78, 5) is 28.5. The molecule has 0 bridgehead atoms. The van der Waals surface area contributed by atoms with Crippen molar-refractivity contribution in [3.63, 3.8) is 0 Å². The Morgan fingerprint density at radius 2 is 1.90 bits per heavy atom. The molecule has 3 heterocycles. The summed E-state index contributed by atoms with van der Waals surface area (Å²) in [5.41, 5.74) is 4.38. The van der Waals surface area contributed by atoms with E-state index in [9.17, 15) is 9.59 Å². The average molecular weight is 419 g/mol. The lowest BCUT2D eigenvalue weighted by Gasteiger charge is -2.17. The zero-order valence-electron chi connectivity index (χ0n) is 17.9. The van der Waals surface area contributed by atoms with E-state index in [4.69, 9.17) is 4.52 Å². The van der Waals surface area contributed by atoms with Gasteiger partial charge in [0, 0.05) is 18.3 Å². The number of aromatic nitrogens is 3. The summed E-state index contributed by atoms with van der Waals surface area (Å²) in [6.45, 7) is 6.59. The van der Waals surface area contributed by atoms with E-state index in [-0.39, 0.29) is 18.5 Å². The van der Waals surface area contributed by atoms with Gasteiger partial charge in [0.05, 0.1) is 24.1 Å². The molecule has 0 atom stereocenters. The number of hydrogen-bond donors (Lipinski definition) is 0. The second kappa shape index (κ2) is 8.59. The summed E-state index contributed by atoms with van der Waals surface area (Å²) in [6.07, 6.45) is 8.11. The maximum atomic E-state index is 13.0. The third kappa shape index (κ3) is 4.14. The minimum absolute atomic E-state index is 0.0475. The number of anilines is 1. The Bertz CT molecular complexity index is 1120. The highest BCUT2D eigenvalue weighted by Crippen LogP contribution is 2.24. The molecule has 1 aliphatic rings. The van der Waals surface area contributed by atoms with Crippen LogP contribution in [-0.4, -0.2) is 38.3 Å². The second-order valence-electron chi connectivity index (χ2n) is 7.61. The van der Waals surface area contributed by atoms with E-state index in [0.29, 0.717) is 18.8 Å². The van der Waals surface area contributed by atoms with Crippen LogP contribution in [0.1, 0.15) is 35.1 Å². The fraction of sp³-hybridized carbons (Fsp3) is 0.304. The van der Waals surface area contributed by atoms with Crippen LogP contribution >= 0.6 is 0 Å². The normalized spacial score (nSPS) is 14.4. The molecule has 4 rings (SSSR count). The summed E-state index contributed by atoms with van der Waals surface area (Å²) in [7, 11) is 0. The molecule has 0 unspecified atom stereocenters. The number of nitrogens with zero attached hydrogens (tertiary/aromatic N) is 5. The van der Waals surface area contributed by atoms with E-state index in [1.807, 2.05) is 51.1 Å². The summed E-state index contributed by atoms with van der Waals surface area (Å²) >= 11 is 0. The molecule has 1 saturated heterocycles. The van der Waals surface area contributed by atoms with Gasteiger partial charge in [0.1, 0.15) is 12.3 Å². The van der Waals surface area contributed by atoms with E-state index in [0.717, 1.165) is 34.6 Å². The highest BCUT2D eigenvalue weighted by atomic mass is 16.5. The number of urea groups is 1. The Kier molecular flexibility index (Phi) is 5.70. The largest absolute Gasteiger partial charge is 0.361 e. The van der Waals surface area contributed by atoms with Crippen LogP contribution in [0.25, 0.3) is 0 Å². The van der Waals surface area contributed by atoms with Crippen LogP contribution in [0.3, 0.4) is 0 Å². The van der Waals surface area contributed by atoms with Gasteiger partial charge in [-0.1, -0.05) is 41.6 Å². The summed E-state index contributed by atoms with van der Waals surface area (Å²) in [6, 6.07) is 7.66. The lowest BCUT2D eigenvalue weighted by atomic mass is 10.0. The van der Waals surface area contributed by atoms with Gasteiger partial charge in [-0.15, -0.1) is 0 Å². The van der Waals surface area contributed by atoms with E-state index >= 15 is 0 Å². The second-order valence-corrected chi connectivity index (χ2v) is 7.61. The van der Waals surface area contributed by atoms with Crippen LogP contribution in [-0.2, 0) is 24.3 Å². The molecule has 3 aromatic rings. The maximum absolute atomic E-state index is 13.0. The van der Waals surface area contributed by atoms with Gasteiger partial charge in [0.15, 0.2) is 0 Å². The van der Waals surface area contributed by atoms with Gasteiger partial charge < -0.3 is 9.42 Å². The Morgan fingerprint density at radius 3 is 2.61 bits per heavy atom. The van der Waals surface area contributed by atoms with Gasteiger partial charge in [-0.25, -0.2) is 9.69 Å². The zero-order valence-corrected chi connectivity index (χ0v) is 17.9. The standard InChI is InChI=1S/C23H25N5O3/c1-4-5-8-18-9-6-7-10-19(18)12-26-15-22(29)28(23(26)30)20-11-24-27(13-20)14-21-16(2)25-31-17(21)3/h4-7,9-11,13H,8,12,14-15H2,1-3H3/b5-4+. The Labute approximate surface area is 180 Å². The molecule has 0 spiro atoms. The predicted molar refractivity (Wildman–Crippen MR) is 116 cm³/mol. The van der Waals surface area contributed by atoms with Crippen LogP contribution < -0.4 is 4.90 Å². The van der Waals surface area contributed by atoms with Crippen molar-refractivity contribution in [3.8, 4) is 0 Å². The van der Waals surface area contributed by atoms with Gasteiger partial charge in [0.25, 0.3) is 5.91 Å². The van der Waals surface area contributed by atoms with Crippen LogP contribution in [0.2, 0.25) is 0 Å². The molecule has 2 aromatic heterocycles. The first-order chi connectivity index (χ1) is 15.0. The molecule has 1 fully saturated rings. The molecule has 1 aromatic carbocycles. The Morgan fingerprint density at radius 1 is 1.13 bits per heavy atom. The van der Waals surface area contributed by atoms with E-state index in [1.54, 1.807) is 15.8 Å². The first-order valence-corrected chi connectivity index (χ1v) is 10.2. The van der Waals surface area contributed by atoms with Gasteiger partial charge >= 0.3 is 6.03 Å². The molecule has 3 amide bonds. The van der Waals surface area contributed by atoms with Crippen molar-refractivity contribution in [2.45, 2.75) is 40.3 Å². The topological polar surface area (TPSA) is 84.5 Å². The third-order valence-corrected chi connectivity index (χ3v) is 5.47. The molecular weight excluding hydrogens is 394 g/mol. The van der Waals surface area contributed by atoms with Gasteiger partial charge in [-0.2, -0.15) is 5.10 Å². The van der Waals surface area contributed by atoms with Crippen molar-refractivity contribution >= 4 is 17.6 Å². The molecule has 0 N–H and O–H groups in total. The SMILES string of the molecule is C/C=C/Cc1ccccc1CN1CC(=O)N(c2cnn(Cc3c(C)noc3C)c2)C1=O. The number of hydrogen-bond acceptors (Lipinski definition) is 5. The molecule has 0 saturated carbocycles. The minimum atomic E-state index is -0.331. The fourth-order valence-corrected chi connectivity index (χ4v) is 3.73. The molecule has 31 heavy (non-hydrogen) atoms. The molecular formula is C23H25N5O3. The third-order valence-electron chi connectivity index (χ3n) is 5.47. The van der Waals surface area contributed by atoms with E-state index in [2.05, 4.69) is 16.3 Å². The number of allylic oxidation sites excluding steroid dienone is 2. The fourth-order valence-electron chi connectivity index (χ4n) is 3.73. The van der Waals surface area contributed by atoms with Crippen LogP contribution in [0, 0.1) is 13.8 Å². The molecule has 160 valence electrons. The number of imide groups is 1. The van der Waals surface area contributed by atoms with E-state index < -0.39 is 0 Å². The van der Waals surface area contributed by atoms with Crippen LogP contribution in [0.15, 0.2) is 53.3 Å². The van der Waals surface area contributed by atoms with Crippen LogP contribution in [0.4, 0.5) is 10.5 Å².